The molecule has 28 heavy (non-hydrogen) atoms. The van der Waals surface area contributed by atoms with Crippen molar-refractivity contribution in [3.63, 3.8) is 0 Å². The van der Waals surface area contributed by atoms with Crippen LogP contribution in [0.5, 0.6) is 0 Å². The quantitative estimate of drug-likeness (QED) is 0.694. The van der Waals surface area contributed by atoms with Gasteiger partial charge in [0.1, 0.15) is 0 Å². The van der Waals surface area contributed by atoms with Gasteiger partial charge in [-0.25, -0.2) is 9.97 Å². The van der Waals surface area contributed by atoms with Crippen molar-refractivity contribution in [1.82, 2.24) is 9.97 Å². The second-order valence-electron chi connectivity index (χ2n) is 6.47. The number of pyridine rings is 2. The van der Waals surface area contributed by atoms with Crippen molar-refractivity contribution in [2.45, 2.75) is 25.7 Å². The fourth-order valence-corrected chi connectivity index (χ4v) is 3.15. The molecule has 0 saturated carbocycles. The maximum absolute atomic E-state index is 13.3. The van der Waals surface area contributed by atoms with Crippen LogP contribution in [0.3, 0.4) is 0 Å². The Balaban J connectivity index is 0.000000161. The fourth-order valence-electron chi connectivity index (χ4n) is 3.15. The third kappa shape index (κ3) is 5.78. The standard InChI is InChI=1S/2C11H12FNO/c2*12-11-10(4-1-6-13-11)9-3-2-7-14-8-5-9/h1,4-6H,2-3,7-8H2;1,3-4,6H,2,5,7-8H2. The molecule has 0 amide bonds. The van der Waals surface area contributed by atoms with Crippen LogP contribution in [0.15, 0.2) is 48.8 Å². The van der Waals surface area contributed by atoms with Gasteiger partial charge in [0.05, 0.1) is 19.8 Å². The zero-order valence-electron chi connectivity index (χ0n) is 15.7. The molecule has 0 unspecified atom stereocenters. The Hall–Kier alpha value is -2.44. The van der Waals surface area contributed by atoms with Gasteiger partial charge in [-0.3, -0.25) is 0 Å². The topological polar surface area (TPSA) is 44.2 Å². The molecule has 4 nitrogen and oxygen atoms in total. The lowest BCUT2D eigenvalue weighted by Crippen LogP contribution is -1.95. The van der Waals surface area contributed by atoms with Gasteiger partial charge in [0.15, 0.2) is 0 Å². The molecule has 2 aromatic rings. The van der Waals surface area contributed by atoms with E-state index in [0.29, 0.717) is 24.3 Å². The Labute approximate surface area is 163 Å². The second-order valence-corrected chi connectivity index (χ2v) is 6.47. The van der Waals surface area contributed by atoms with Gasteiger partial charge in [-0.05, 0) is 61.1 Å². The number of hydrogen-bond acceptors (Lipinski definition) is 4. The number of aromatic nitrogens is 2. The predicted octanol–water partition coefficient (Wildman–Crippen LogP) is 4.83. The minimum atomic E-state index is -0.388. The Kier molecular flexibility index (Phi) is 7.82. The molecule has 0 bridgehead atoms. The number of halogens is 2. The maximum Gasteiger partial charge on any atom is 0.220 e. The fraction of sp³-hybridized carbons (Fsp3) is 0.364. The van der Waals surface area contributed by atoms with E-state index in [-0.39, 0.29) is 11.9 Å². The normalized spacial score (nSPS) is 17.4. The van der Waals surface area contributed by atoms with E-state index in [1.165, 1.54) is 12.4 Å². The van der Waals surface area contributed by atoms with Gasteiger partial charge in [0.2, 0.25) is 11.9 Å². The first kappa shape index (κ1) is 20.3. The summed E-state index contributed by atoms with van der Waals surface area (Å²) in [6.45, 7) is 2.72. The van der Waals surface area contributed by atoms with Crippen LogP contribution in [0.4, 0.5) is 8.78 Å². The summed E-state index contributed by atoms with van der Waals surface area (Å²) in [6.07, 6.45) is 10.3. The highest BCUT2D eigenvalue weighted by Crippen LogP contribution is 2.23. The summed E-state index contributed by atoms with van der Waals surface area (Å²) >= 11 is 0. The first-order valence-electron chi connectivity index (χ1n) is 9.51. The van der Waals surface area contributed by atoms with E-state index in [9.17, 15) is 8.78 Å². The molecule has 0 spiro atoms. The summed E-state index contributed by atoms with van der Waals surface area (Å²) in [5.41, 5.74) is 3.23. The molecule has 0 atom stereocenters. The van der Waals surface area contributed by atoms with Gasteiger partial charge in [0, 0.05) is 30.1 Å². The molecular weight excluding hydrogens is 362 g/mol. The molecule has 4 heterocycles. The average Bonchev–Trinajstić information content (AvgIpc) is 3.15. The molecule has 0 aromatic carbocycles. The van der Waals surface area contributed by atoms with E-state index < -0.39 is 0 Å². The Morgan fingerprint density at radius 3 is 2.11 bits per heavy atom. The second kappa shape index (κ2) is 10.8. The first-order chi connectivity index (χ1) is 13.8. The van der Waals surface area contributed by atoms with E-state index in [1.807, 2.05) is 12.2 Å². The van der Waals surface area contributed by atoms with Crippen molar-refractivity contribution in [3.05, 3.63) is 71.8 Å². The summed E-state index contributed by atoms with van der Waals surface area (Å²) in [6, 6.07) is 7.04. The molecule has 0 fully saturated rings. The number of nitrogens with zero attached hydrogens (tertiary/aromatic N) is 2. The number of rotatable bonds is 2. The molecule has 2 aliphatic rings. The van der Waals surface area contributed by atoms with Gasteiger partial charge < -0.3 is 9.47 Å². The summed E-state index contributed by atoms with van der Waals surface area (Å²) in [4.78, 5) is 7.27. The van der Waals surface area contributed by atoms with Crippen molar-refractivity contribution >= 4 is 11.1 Å². The lowest BCUT2D eigenvalue weighted by molar-refractivity contribution is 0.148. The largest absolute Gasteiger partial charge is 0.381 e. The Morgan fingerprint density at radius 2 is 1.43 bits per heavy atom. The van der Waals surface area contributed by atoms with Crippen LogP contribution < -0.4 is 0 Å². The molecule has 0 aliphatic carbocycles. The SMILES string of the molecule is Fc1ncccc1C1=CCCOCC1.Fc1ncccc1C1=CCOCCC1. The van der Waals surface area contributed by atoms with Crippen molar-refractivity contribution < 1.29 is 18.3 Å². The molecular formula is C22H24F2N2O2. The van der Waals surface area contributed by atoms with Crippen LogP contribution in [-0.4, -0.2) is 36.4 Å². The summed E-state index contributed by atoms with van der Waals surface area (Å²) < 4.78 is 37.2. The van der Waals surface area contributed by atoms with E-state index in [1.54, 1.807) is 24.3 Å². The van der Waals surface area contributed by atoms with Crippen LogP contribution >= 0.6 is 0 Å². The summed E-state index contributed by atoms with van der Waals surface area (Å²) in [5, 5.41) is 0. The minimum Gasteiger partial charge on any atom is -0.381 e. The van der Waals surface area contributed by atoms with Crippen molar-refractivity contribution in [1.29, 1.82) is 0 Å². The van der Waals surface area contributed by atoms with Gasteiger partial charge in [-0.1, -0.05) is 12.2 Å². The van der Waals surface area contributed by atoms with Crippen LogP contribution in [0.25, 0.3) is 11.1 Å². The molecule has 2 aliphatic heterocycles. The first-order valence-corrected chi connectivity index (χ1v) is 9.51. The zero-order valence-corrected chi connectivity index (χ0v) is 15.7. The molecule has 0 saturated heterocycles. The minimum absolute atomic E-state index is 0.388. The van der Waals surface area contributed by atoms with Crippen molar-refractivity contribution in [2.75, 3.05) is 26.4 Å². The molecule has 6 heteroatoms. The van der Waals surface area contributed by atoms with Gasteiger partial charge in [-0.15, -0.1) is 0 Å². The van der Waals surface area contributed by atoms with Crippen LogP contribution in [0.1, 0.15) is 36.8 Å². The van der Waals surface area contributed by atoms with Crippen LogP contribution in [-0.2, 0) is 9.47 Å². The zero-order chi connectivity index (χ0) is 19.6. The predicted molar refractivity (Wildman–Crippen MR) is 104 cm³/mol. The molecule has 0 N–H and O–H groups in total. The van der Waals surface area contributed by atoms with E-state index >= 15 is 0 Å². The van der Waals surface area contributed by atoms with Gasteiger partial charge >= 0.3 is 0 Å². The Morgan fingerprint density at radius 1 is 0.750 bits per heavy atom. The van der Waals surface area contributed by atoms with E-state index in [2.05, 4.69) is 9.97 Å². The molecule has 4 rings (SSSR count). The van der Waals surface area contributed by atoms with Crippen molar-refractivity contribution in [2.24, 2.45) is 0 Å². The lowest BCUT2D eigenvalue weighted by Gasteiger charge is -2.05. The van der Waals surface area contributed by atoms with Crippen LogP contribution in [0.2, 0.25) is 0 Å². The van der Waals surface area contributed by atoms with Crippen LogP contribution in [0, 0.1) is 11.9 Å². The average molecular weight is 386 g/mol. The Bertz CT molecular complexity index is 767. The number of allylic oxidation sites excluding steroid dienone is 1. The van der Waals surface area contributed by atoms with E-state index in [4.69, 9.17) is 9.47 Å². The van der Waals surface area contributed by atoms with E-state index in [0.717, 1.165) is 50.0 Å². The molecule has 148 valence electrons. The molecule has 2 aromatic heterocycles. The van der Waals surface area contributed by atoms with Crippen molar-refractivity contribution in [3.8, 4) is 0 Å². The summed E-state index contributed by atoms with van der Waals surface area (Å²) in [5.74, 6) is -0.777. The highest BCUT2D eigenvalue weighted by atomic mass is 19.1. The number of ether oxygens (including phenoxy) is 2. The molecule has 0 radical (unpaired) electrons. The lowest BCUT2D eigenvalue weighted by atomic mass is 10.0. The highest BCUT2D eigenvalue weighted by molar-refractivity contribution is 5.66. The maximum atomic E-state index is 13.3. The number of hydrogen-bond donors (Lipinski definition) is 0. The third-order valence-electron chi connectivity index (χ3n) is 4.56. The van der Waals surface area contributed by atoms with Gasteiger partial charge in [-0.2, -0.15) is 8.78 Å². The summed E-state index contributed by atoms with van der Waals surface area (Å²) in [7, 11) is 0. The highest BCUT2D eigenvalue weighted by Gasteiger charge is 2.11. The third-order valence-corrected chi connectivity index (χ3v) is 4.56. The monoisotopic (exact) mass is 386 g/mol. The smallest absolute Gasteiger partial charge is 0.220 e. The van der Waals surface area contributed by atoms with Gasteiger partial charge in [0.25, 0.3) is 0 Å².